The number of carboxylic acids is 1. The lowest BCUT2D eigenvalue weighted by molar-refractivity contribution is -0.138. The van der Waals surface area contributed by atoms with E-state index in [0.717, 1.165) is 16.9 Å². The summed E-state index contributed by atoms with van der Waals surface area (Å²) in [7, 11) is 0. The van der Waals surface area contributed by atoms with Crippen molar-refractivity contribution in [2.45, 2.75) is 25.4 Å². The van der Waals surface area contributed by atoms with Gasteiger partial charge in [0.05, 0.1) is 17.4 Å². The fourth-order valence-corrected chi connectivity index (χ4v) is 2.09. The second-order valence-electron chi connectivity index (χ2n) is 5.17. The Labute approximate surface area is 140 Å². The monoisotopic (exact) mass is 356 g/mol. The third-order valence-electron chi connectivity index (χ3n) is 3.29. The Morgan fingerprint density at radius 2 is 1.92 bits per heavy atom. The highest BCUT2D eigenvalue weighted by Crippen LogP contribution is 2.33. The summed E-state index contributed by atoms with van der Waals surface area (Å²) in [4.78, 5) is 22.3. The molecule has 134 valence electrons. The van der Waals surface area contributed by atoms with Crippen LogP contribution in [0.3, 0.4) is 0 Å². The molecular weight excluding hydrogens is 341 g/mol. The fraction of sp³-hybridized carbons (Fsp3) is 0.333. The first-order chi connectivity index (χ1) is 11.8. The summed E-state index contributed by atoms with van der Waals surface area (Å²) in [6.45, 7) is 0.234. The molecule has 1 aromatic heterocycles. The van der Waals surface area contributed by atoms with E-state index in [0.29, 0.717) is 12.8 Å². The maximum Gasteiger partial charge on any atom is 0.418 e. The summed E-state index contributed by atoms with van der Waals surface area (Å²) >= 11 is 0. The molecule has 0 fully saturated rings. The van der Waals surface area contributed by atoms with Crippen molar-refractivity contribution >= 4 is 11.9 Å². The zero-order valence-electron chi connectivity index (χ0n) is 13.0. The molecule has 1 amide bonds. The number of alkyl halides is 3. The van der Waals surface area contributed by atoms with Crippen LogP contribution in [0.25, 0.3) is 5.69 Å². The molecule has 0 spiro atoms. The molecular formula is C15H15F3N4O3. The second kappa shape index (κ2) is 7.77. The van der Waals surface area contributed by atoms with Crippen LogP contribution in [0.2, 0.25) is 0 Å². The van der Waals surface area contributed by atoms with Crippen molar-refractivity contribution in [1.29, 1.82) is 0 Å². The first kappa shape index (κ1) is 18.4. The van der Waals surface area contributed by atoms with E-state index in [1.165, 1.54) is 18.2 Å². The van der Waals surface area contributed by atoms with E-state index in [-0.39, 0.29) is 24.3 Å². The first-order valence-electron chi connectivity index (χ1n) is 7.38. The van der Waals surface area contributed by atoms with Crippen LogP contribution in [0.1, 0.15) is 35.3 Å². The number of nitrogens with zero attached hydrogens (tertiary/aromatic N) is 3. The molecule has 2 N–H and O–H groups in total. The molecule has 2 rings (SSSR count). The number of carbonyl (C=O) groups excluding carboxylic acids is 1. The molecule has 0 saturated heterocycles. The van der Waals surface area contributed by atoms with Gasteiger partial charge >= 0.3 is 12.1 Å². The third-order valence-corrected chi connectivity index (χ3v) is 3.29. The summed E-state index contributed by atoms with van der Waals surface area (Å²) in [6.07, 6.45) is -2.59. The second-order valence-corrected chi connectivity index (χ2v) is 5.17. The molecule has 0 aliphatic rings. The number of carboxylic acid groups (broad SMARTS) is 1. The smallest absolute Gasteiger partial charge is 0.418 e. The zero-order valence-corrected chi connectivity index (χ0v) is 13.0. The number of aromatic nitrogens is 3. The molecule has 0 aliphatic heterocycles. The average Bonchev–Trinajstić information content (AvgIpc) is 3.03. The third kappa shape index (κ3) is 5.03. The van der Waals surface area contributed by atoms with Crippen LogP contribution in [-0.4, -0.2) is 38.5 Å². The minimum atomic E-state index is -4.56. The molecule has 0 aliphatic carbocycles. The van der Waals surface area contributed by atoms with Crippen LogP contribution >= 0.6 is 0 Å². The molecule has 7 nitrogen and oxygen atoms in total. The Kier molecular flexibility index (Phi) is 5.73. The van der Waals surface area contributed by atoms with Gasteiger partial charge in [-0.05, 0) is 25.0 Å². The van der Waals surface area contributed by atoms with Gasteiger partial charge in [-0.15, -0.1) is 5.10 Å². The predicted molar refractivity (Wildman–Crippen MR) is 80.2 cm³/mol. The lowest BCUT2D eigenvalue weighted by Crippen LogP contribution is -2.24. The number of aliphatic carboxylic acids is 1. The Hall–Kier alpha value is -2.91. The number of carbonyl (C=O) groups is 2. The van der Waals surface area contributed by atoms with Crippen molar-refractivity contribution < 1.29 is 27.9 Å². The number of halogens is 3. The van der Waals surface area contributed by atoms with Gasteiger partial charge in [-0.1, -0.05) is 17.3 Å². The van der Waals surface area contributed by atoms with E-state index < -0.39 is 23.6 Å². The number of hydrogen-bond donors (Lipinski definition) is 2. The van der Waals surface area contributed by atoms with E-state index >= 15 is 0 Å². The molecule has 1 aromatic carbocycles. The molecule has 0 saturated carbocycles. The molecule has 0 radical (unpaired) electrons. The number of hydrogen-bond acceptors (Lipinski definition) is 4. The number of para-hydroxylation sites is 1. The SMILES string of the molecule is O=C(O)CCCCNC(=O)c1cn(-c2ccccc2C(F)(F)F)nn1. The number of nitrogens with one attached hydrogen (secondary N) is 1. The summed E-state index contributed by atoms with van der Waals surface area (Å²) in [5.41, 5.74) is -1.25. The van der Waals surface area contributed by atoms with Crippen molar-refractivity contribution in [2.75, 3.05) is 6.54 Å². The zero-order chi connectivity index (χ0) is 18.4. The van der Waals surface area contributed by atoms with Crippen molar-refractivity contribution in [3.63, 3.8) is 0 Å². The van der Waals surface area contributed by atoms with Crippen LogP contribution in [0, 0.1) is 0 Å². The fourth-order valence-electron chi connectivity index (χ4n) is 2.09. The van der Waals surface area contributed by atoms with Gasteiger partial charge < -0.3 is 10.4 Å². The van der Waals surface area contributed by atoms with Gasteiger partial charge in [-0.3, -0.25) is 9.59 Å². The predicted octanol–water partition coefficient (Wildman–Crippen LogP) is 2.27. The minimum absolute atomic E-state index is 0.000277. The van der Waals surface area contributed by atoms with Crippen LogP contribution in [-0.2, 0) is 11.0 Å². The molecule has 0 atom stereocenters. The van der Waals surface area contributed by atoms with Crippen molar-refractivity contribution in [3.8, 4) is 5.69 Å². The Morgan fingerprint density at radius 1 is 1.20 bits per heavy atom. The van der Waals surface area contributed by atoms with Gasteiger partial charge in [0.25, 0.3) is 5.91 Å². The molecule has 10 heteroatoms. The maximum atomic E-state index is 13.0. The first-order valence-corrected chi connectivity index (χ1v) is 7.38. The van der Waals surface area contributed by atoms with E-state index in [4.69, 9.17) is 5.11 Å². The average molecular weight is 356 g/mol. The van der Waals surface area contributed by atoms with Crippen molar-refractivity contribution in [3.05, 3.63) is 41.7 Å². The quantitative estimate of drug-likeness (QED) is 0.742. The van der Waals surface area contributed by atoms with E-state index in [2.05, 4.69) is 15.6 Å². The standard InChI is InChI=1S/C15H15F3N4O3/c16-15(17,18)10-5-1-2-6-12(10)22-9-11(20-21-22)14(25)19-8-4-3-7-13(23)24/h1-2,5-6,9H,3-4,7-8H2,(H,19,25)(H,23,24). The normalized spacial score (nSPS) is 11.3. The number of amides is 1. The minimum Gasteiger partial charge on any atom is -0.481 e. The Morgan fingerprint density at radius 3 is 2.60 bits per heavy atom. The van der Waals surface area contributed by atoms with E-state index in [1.807, 2.05) is 0 Å². The largest absolute Gasteiger partial charge is 0.481 e. The highest BCUT2D eigenvalue weighted by molar-refractivity contribution is 5.91. The Balaban J connectivity index is 2.03. The highest BCUT2D eigenvalue weighted by Gasteiger charge is 2.34. The topological polar surface area (TPSA) is 97.1 Å². The lowest BCUT2D eigenvalue weighted by Gasteiger charge is -2.11. The number of rotatable bonds is 7. The van der Waals surface area contributed by atoms with Gasteiger partial charge in [0.15, 0.2) is 5.69 Å². The van der Waals surface area contributed by atoms with Gasteiger partial charge in [0, 0.05) is 13.0 Å². The van der Waals surface area contributed by atoms with Crippen LogP contribution in [0.4, 0.5) is 13.2 Å². The Bertz CT molecular complexity index is 758. The highest BCUT2D eigenvalue weighted by atomic mass is 19.4. The van der Waals surface area contributed by atoms with Crippen molar-refractivity contribution in [2.24, 2.45) is 0 Å². The lowest BCUT2D eigenvalue weighted by atomic mass is 10.1. The van der Waals surface area contributed by atoms with Gasteiger partial charge in [0.2, 0.25) is 0 Å². The molecule has 0 unspecified atom stereocenters. The van der Waals surface area contributed by atoms with Crippen LogP contribution < -0.4 is 5.32 Å². The summed E-state index contributed by atoms with van der Waals surface area (Å²) in [5, 5.41) is 18.2. The van der Waals surface area contributed by atoms with Gasteiger partial charge in [-0.25, -0.2) is 4.68 Å². The number of benzene rings is 1. The van der Waals surface area contributed by atoms with Gasteiger partial charge in [0.1, 0.15) is 0 Å². The summed E-state index contributed by atoms with van der Waals surface area (Å²) in [5.74, 6) is -1.51. The van der Waals surface area contributed by atoms with E-state index in [9.17, 15) is 22.8 Å². The summed E-state index contributed by atoms with van der Waals surface area (Å²) < 4.78 is 39.9. The molecule has 1 heterocycles. The van der Waals surface area contributed by atoms with Crippen molar-refractivity contribution in [1.82, 2.24) is 20.3 Å². The number of unbranched alkanes of at least 4 members (excludes halogenated alkanes) is 1. The molecule has 0 bridgehead atoms. The maximum absolute atomic E-state index is 13.0. The van der Waals surface area contributed by atoms with Crippen LogP contribution in [0.15, 0.2) is 30.5 Å². The molecule has 2 aromatic rings. The van der Waals surface area contributed by atoms with Crippen LogP contribution in [0.5, 0.6) is 0 Å². The summed E-state index contributed by atoms with van der Waals surface area (Å²) in [6, 6.07) is 4.83. The van der Waals surface area contributed by atoms with E-state index in [1.54, 1.807) is 0 Å². The van der Waals surface area contributed by atoms with Gasteiger partial charge in [-0.2, -0.15) is 13.2 Å². The molecule has 25 heavy (non-hydrogen) atoms.